The van der Waals surface area contributed by atoms with E-state index in [1.165, 1.54) is 0 Å². The maximum absolute atomic E-state index is 12.9. The maximum atomic E-state index is 12.9. The minimum Gasteiger partial charge on any atom is -0.541 e. The number of amides is 2. The summed E-state index contributed by atoms with van der Waals surface area (Å²) in [5.41, 5.74) is 11.2. The highest BCUT2D eigenvalue weighted by Gasteiger charge is 2.42. The first-order valence-electron chi connectivity index (χ1n) is 17.7. The predicted octanol–water partition coefficient (Wildman–Crippen LogP) is 6.92. The van der Waals surface area contributed by atoms with Gasteiger partial charge in [-0.25, -0.2) is 4.79 Å². The Morgan fingerprint density at radius 3 is 1.71 bits per heavy atom. The zero-order chi connectivity index (χ0) is 37.5. The molecule has 0 aliphatic rings. The largest absolute Gasteiger partial charge is 0.541 e. The number of alkyl carbamates (subject to hydrolysis) is 1. The second-order valence-electron chi connectivity index (χ2n) is 16.4. The Morgan fingerprint density at radius 1 is 0.735 bits per heavy atom. The van der Waals surface area contributed by atoms with Crippen molar-refractivity contribution in [3.05, 3.63) is 23.8 Å². The highest BCUT2D eigenvalue weighted by molar-refractivity contribution is 6.75. The van der Waals surface area contributed by atoms with Crippen LogP contribution in [0.15, 0.2) is 18.2 Å². The van der Waals surface area contributed by atoms with Crippen LogP contribution in [0.25, 0.3) is 0 Å². The normalized spacial score (nSPS) is 13.6. The van der Waals surface area contributed by atoms with Crippen LogP contribution in [0.3, 0.4) is 0 Å². The highest BCUT2D eigenvalue weighted by atomic mass is 28.4. The van der Waals surface area contributed by atoms with E-state index < -0.39 is 40.3 Å². The molecule has 0 saturated carbocycles. The molecule has 0 aliphatic heterocycles. The van der Waals surface area contributed by atoms with Crippen LogP contribution < -0.4 is 25.6 Å². The highest BCUT2D eigenvalue weighted by Crippen LogP contribution is 2.43. The van der Waals surface area contributed by atoms with Gasteiger partial charge >= 0.3 is 6.09 Å². The lowest BCUT2D eigenvalue weighted by Crippen LogP contribution is -2.48. The summed E-state index contributed by atoms with van der Waals surface area (Å²) < 4.78 is 35.7. The average molecular weight is 728 g/mol. The van der Waals surface area contributed by atoms with Gasteiger partial charge in [-0.15, -0.1) is 0 Å². The topological polar surface area (TPSA) is 154 Å². The van der Waals surface area contributed by atoms with Crippen LogP contribution in [0.5, 0.6) is 11.5 Å². The molecule has 0 bridgehead atoms. The van der Waals surface area contributed by atoms with E-state index in [1.807, 2.05) is 32.0 Å². The van der Waals surface area contributed by atoms with E-state index in [0.717, 1.165) is 24.8 Å². The summed E-state index contributed by atoms with van der Waals surface area (Å²) in [6, 6.07) is 4.77. The third-order valence-electron chi connectivity index (χ3n) is 9.35. The van der Waals surface area contributed by atoms with Crippen molar-refractivity contribution in [2.75, 3.05) is 46.2 Å². The monoisotopic (exact) mass is 727 g/mol. The Bertz CT molecular complexity index is 1150. The first-order valence-corrected chi connectivity index (χ1v) is 23.6. The summed E-state index contributed by atoms with van der Waals surface area (Å²) in [6.45, 7) is 29.6. The van der Waals surface area contributed by atoms with E-state index in [9.17, 15) is 9.59 Å². The van der Waals surface area contributed by atoms with Gasteiger partial charge in [0.05, 0.1) is 26.4 Å². The van der Waals surface area contributed by atoms with E-state index in [-0.39, 0.29) is 16.5 Å². The number of hydrogen-bond acceptors (Lipinski definition) is 9. The van der Waals surface area contributed by atoms with Crippen molar-refractivity contribution in [3.63, 3.8) is 0 Å². The zero-order valence-corrected chi connectivity index (χ0v) is 34.7. The summed E-state index contributed by atoms with van der Waals surface area (Å²) >= 11 is 0. The van der Waals surface area contributed by atoms with Crippen molar-refractivity contribution < 1.29 is 37.4 Å². The molecule has 0 aliphatic carbocycles. The molecule has 1 atom stereocenters. The van der Waals surface area contributed by atoms with Crippen molar-refractivity contribution >= 4 is 28.6 Å². The Hall–Kier alpha value is -2.17. The minimum atomic E-state index is -2.23. The van der Waals surface area contributed by atoms with Gasteiger partial charge in [0.1, 0.15) is 23.1 Å². The second kappa shape index (κ2) is 20.0. The van der Waals surface area contributed by atoms with Crippen LogP contribution in [0.1, 0.15) is 86.6 Å². The number of benzene rings is 1. The molecule has 0 unspecified atom stereocenters. The molecule has 1 aromatic rings. The van der Waals surface area contributed by atoms with Crippen molar-refractivity contribution in [1.82, 2.24) is 5.32 Å². The Kier molecular flexibility index (Phi) is 18.3. The summed E-state index contributed by atoms with van der Waals surface area (Å²) in [7, 11) is -4.40. The Morgan fingerprint density at radius 2 is 1.22 bits per heavy atom. The lowest BCUT2D eigenvalue weighted by Gasteiger charge is -2.39. The number of rotatable bonds is 23. The predicted molar refractivity (Wildman–Crippen MR) is 202 cm³/mol. The summed E-state index contributed by atoms with van der Waals surface area (Å²) in [5.74, 6) is 0.702. The molecule has 0 fully saturated rings. The zero-order valence-electron chi connectivity index (χ0n) is 32.7. The molecular weight excluding hydrogens is 659 g/mol. The van der Waals surface area contributed by atoms with Crippen LogP contribution in [-0.2, 0) is 30.2 Å². The van der Waals surface area contributed by atoms with Crippen molar-refractivity contribution in [2.45, 2.75) is 135 Å². The number of nitrogens with two attached hydrogens (primary N) is 2. The molecule has 0 radical (unpaired) electrons. The standard InChI is InChI=1S/C36H69N3O8Si2/c1-34(2,3)48(9,10)46-30-17-16-28(27-31(30)47-49(11,12)35(4,5)6)26-29(32(38)40)39-33(41)45-36(7,8)18-13-14-20-42-22-24-44-25-23-43-21-15-19-37/h16-17,27,29H,13-15,18-26,37H2,1-12H3,(H2,38,40)(H,39,41)/t29-/m0/s1. The van der Waals surface area contributed by atoms with Crippen molar-refractivity contribution in [3.8, 4) is 11.5 Å². The molecule has 2 amide bonds. The van der Waals surface area contributed by atoms with Crippen LogP contribution in [0.2, 0.25) is 36.3 Å². The molecule has 0 heterocycles. The molecule has 0 saturated heterocycles. The average Bonchev–Trinajstić information content (AvgIpc) is 2.94. The minimum absolute atomic E-state index is 0.00114. The van der Waals surface area contributed by atoms with Crippen molar-refractivity contribution in [2.24, 2.45) is 11.5 Å². The molecular formula is C36H69N3O8Si2. The second-order valence-corrected chi connectivity index (χ2v) is 25.8. The molecule has 11 nitrogen and oxygen atoms in total. The summed E-state index contributed by atoms with van der Waals surface area (Å²) in [4.78, 5) is 25.4. The molecule has 0 spiro atoms. The SMILES string of the molecule is CC(C)(CCCCOCCOCCOCCCN)OC(=O)N[C@@H](Cc1ccc(O[Si](C)(C)C(C)(C)C)c(O[Si](C)(C)C(C)(C)C)c1)C(N)=O. The van der Waals surface area contributed by atoms with Gasteiger partial charge in [-0.05, 0) is 100 Å². The van der Waals surface area contributed by atoms with E-state index in [1.54, 1.807) is 0 Å². The van der Waals surface area contributed by atoms with Crippen LogP contribution in [0.4, 0.5) is 4.79 Å². The quantitative estimate of drug-likeness (QED) is 0.0805. The van der Waals surface area contributed by atoms with Gasteiger partial charge in [-0.2, -0.15) is 0 Å². The fourth-order valence-electron chi connectivity index (χ4n) is 4.11. The fourth-order valence-corrected chi connectivity index (χ4v) is 6.15. The molecule has 13 heteroatoms. The van der Waals surface area contributed by atoms with E-state index in [4.69, 9.17) is 39.3 Å². The van der Waals surface area contributed by atoms with Gasteiger partial charge in [-0.1, -0.05) is 47.6 Å². The summed E-state index contributed by atoms with van der Waals surface area (Å²) in [5, 5.41) is 2.65. The number of hydrogen-bond donors (Lipinski definition) is 3. The molecule has 1 aromatic carbocycles. The van der Waals surface area contributed by atoms with Crippen LogP contribution in [-0.4, -0.2) is 86.5 Å². The molecule has 284 valence electrons. The molecule has 49 heavy (non-hydrogen) atoms. The number of carbonyl (C=O) groups is 2. The Balaban J connectivity index is 2.77. The van der Waals surface area contributed by atoms with E-state index in [0.29, 0.717) is 64.1 Å². The van der Waals surface area contributed by atoms with E-state index in [2.05, 4.69) is 73.0 Å². The molecule has 5 N–H and O–H groups in total. The van der Waals surface area contributed by atoms with Gasteiger partial charge in [0.25, 0.3) is 16.6 Å². The molecule has 1 rings (SSSR count). The third-order valence-corrected chi connectivity index (χ3v) is 18.0. The number of ether oxygens (including phenoxy) is 4. The maximum Gasteiger partial charge on any atom is 0.408 e. The van der Waals surface area contributed by atoms with Gasteiger partial charge < -0.3 is 44.6 Å². The number of unbranched alkanes of at least 4 members (excludes halogenated alkanes) is 1. The van der Waals surface area contributed by atoms with Gasteiger partial charge in [0.15, 0.2) is 0 Å². The number of primary amides is 1. The van der Waals surface area contributed by atoms with Crippen molar-refractivity contribution in [1.29, 1.82) is 0 Å². The van der Waals surface area contributed by atoms with Crippen LogP contribution in [0, 0.1) is 0 Å². The summed E-state index contributed by atoms with van der Waals surface area (Å²) in [6.07, 6.45) is 2.59. The fraction of sp³-hybridized carbons (Fsp3) is 0.778. The lowest BCUT2D eigenvalue weighted by atomic mass is 10.0. The van der Waals surface area contributed by atoms with Gasteiger partial charge in [0, 0.05) is 19.6 Å². The number of nitrogens with one attached hydrogen (secondary N) is 1. The van der Waals surface area contributed by atoms with E-state index >= 15 is 0 Å². The molecule has 0 aromatic heterocycles. The van der Waals surface area contributed by atoms with Gasteiger partial charge in [0.2, 0.25) is 5.91 Å². The smallest absolute Gasteiger partial charge is 0.408 e. The first kappa shape index (κ1) is 44.9. The van der Waals surface area contributed by atoms with Crippen LogP contribution >= 0.6 is 0 Å². The number of carbonyl (C=O) groups excluding carboxylic acids is 2. The first-order chi connectivity index (χ1) is 22.5. The lowest BCUT2D eigenvalue weighted by molar-refractivity contribution is -0.120. The van der Waals surface area contributed by atoms with Gasteiger partial charge in [-0.3, -0.25) is 4.79 Å². The Labute approximate surface area is 299 Å². The third kappa shape index (κ3) is 17.1.